The highest BCUT2D eigenvalue weighted by molar-refractivity contribution is 9.10. The molecule has 1 amide bonds. The number of nitrogens with zero attached hydrogens (tertiary/aromatic N) is 3. The molecular formula is C14H11BrN4O. The number of rotatable bonds is 2. The van der Waals surface area contributed by atoms with Crippen LogP contribution in [0.5, 0.6) is 0 Å². The summed E-state index contributed by atoms with van der Waals surface area (Å²) in [7, 11) is 0. The van der Waals surface area contributed by atoms with Gasteiger partial charge >= 0.3 is 0 Å². The summed E-state index contributed by atoms with van der Waals surface area (Å²) in [4.78, 5) is 13.4. The van der Waals surface area contributed by atoms with Gasteiger partial charge in [0.15, 0.2) is 0 Å². The third-order valence-corrected chi connectivity index (χ3v) is 3.48. The number of halogens is 1. The van der Waals surface area contributed by atoms with Gasteiger partial charge in [0.1, 0.15) is 17.7 Å². The lowest BCUT2D eigenvalue weighted by molar-refractivity contribution is -0.116. The lowest BCUT2D eigenvalue weighted by Gasteiger charge is -2.18. The van der Waals surface area contributed by atoms with Crippen LogP contribution in [0.4, 0.5) is 11.4 Å². The minimum Gasteiger partial charge on any atom is -0.358 e. The number of benzene rings is 1. The molecule has 0 aromatic heterocycles. The number of allylic oxidation sites excluding steroid dienone is 1. The highest BCUT2D eigenvalue weighted by Gasteiger charge is 2.25. The Hall–Kier alpha value is -2.31. The lowest BCUT2D eigenvalue weighted by atomic mass is 10.1. The summed E-state index contributed by atoms with van der Waals surface area (Å²) in [6, 6.07) is 7.36. The number of carbonyl (C=O) groups excluding carboxylic acids is 1. The zero-order valence-electron chi connectivity index (χ0n) is 10.8. The molecule has 1 N–H and O–H groups in total. The van der Waals surface area contributed by atoms with Crippen molar-refractivity contribution in [1.82, 2.24) is 0 Å². The number of nitriles is 2. The molecule has 1 aliphatic heterocycles. The van der Waals surface area contributed by atoms with Gasteiger partial charge in [0.05, 0.1) is 11.4 Å². The quantitative estimate of drug-likeness (QED) is 0.845. The second kappa shape index (κ2) is 5.77. The van der Waals surface area contributed by atoms with Crippen LogP contribution in [0, 0.1) is 22.7 Å². The summed E-state index contributed by atoms with van der Waals surface area (Å²) < 4.78 is 0.882. The number of amides is 1. The van der Waals surface area contributed by atoms with E-state index in [0.717, 1.165) is 22.1 Å². The Labute approximate surface area is 125 Å². The van der Waals surface area contributed by atoms with Crippen LogP contribution in [0.1, 0.15) is 12.5 Å². The Bertz CT molecular complexity index is 666. The van der Waals surface area contributed by atoms with Crippen molar-refractivity contribution in [1.29, 1.82) is 10.5 Å². The smallest absolute Gasteiger partial charge is 0.223 e. The van der Waals surface area contributed by atoms with E-state index in [4.69, 9.17) is 10.5 Å². The Morgan fingerprint density at radius 2 is 2.15 bits per heavy atom. The third-order valence-electron chi connectivity index (χ3n) is 3.02. The second-order valence-corrected chi connectivity index (χ2v) is 5.22. The van der Waals surface area contributed by atoms with Crippen LogP contribution in [-0.4, -0.2) is 12.5 Å². The highest BCUT2D eigenvalue weighted by Crippen LogP contribution is 2.38. The van der Waals surface area contributed by atoms with Crippen LogP contribution in [0.2, 0.25) is 0 Å². The largest absolute Gasteiger partial charge is 0.358 e. The predicted molar refractivity (Wildman–Crippen MR) is 78.8 cm³/mol. The Morgan fingerprint density at radius 3 is 2.75 bits per heavy atom. The zero-order valence-corrected chi connectivity index (χ0v) is 12.4. The number of hydrogen-bond donors (Lipinski definition) is 1. The molecule has 0 atom stereocenters. The Morgan fingerprint density at radius 1 is 1.45 bits per heavy atom. The third kappa shape index (κ3) is 2.66. The molecule has 1 aromatic carbocycles. The molecule has 20 heavy (non-hydrogen) atoms. The van der Waals surface area contributed by atoms with Crippen LogP contribution in [0.15, 0.2) is 28.4 Å². The first kappa shape index (κ1) is 14.1. The van der Waals surface area contributed by atoms with Crippen molar-refractivity contribution in [2.75, 3.05) is 16.8 Å². The molecule has 100 valence electrons. The second-order valence-electron chi connectivity index (χ2n) is 4.31. The summed E-state index contributed by atoms with van der Waals surface area (Å²) in [6.07, 6.45) is 2.13. The van der Waals surface area contributed by atoms with Gasteiger partial charge in [0.25, 0.3) is 0 Å². The van der Waals surface area contributed by atoms with Crippen LogP contribution in [0.25, 0.3) is 0 Å². The summed E-state index contributed by atoms with van der Waals surface area (Å²) in [5.74, 6) is -0.0288. The van der Waals surface area contributed by atoms with Gasteiger partial charge in [-0.3, -0.25) is 4.79 Å². The molecular weight excluding hydrogens is 320 g/mol. The average molecular weight is 331 g/mol. The first-order valence-corrected chi connectivity index (χ1v) is 6.73. The van der Waals surface area contributed by atoms with Crippen molar-refractivity contribution in [2.45, 2.75) is 13.3 Å². The molecule has 2 rings (SSSR count). The van der Waals surface area contributed by atoms with Gasteiger partial charge in [0, 0.05) is 24.1 Å². The van der Waals surface area contributed by atoms with Crippen molar-refractivity contribution in [3.8, 4) is 12.1 Å². The van der Waals surface area contributed by atoms with Crippen LogP contribution < -0.4 is 10.2 Å². The first-order valence-electron chi connectivity index (χ1n) is 5.94. The number of carbonyl (C=O) groups is 1. The van der Waals surface area contributed by atoms with Crippen molar-refractivity contribution in [3.05, 3.63) is 33.9 Å². The van der Waals surface area contributed by atoms with Crippen LogP contribution in [0.3, 0.4) is 0 Å². The Kier molecular flexibility index (Phi) is 4.07. The molecule has 5 nitrogen and oxygen atoms in total. The molecule has 0 radical (unpaired) electrons. The summed E-state index contributed by atoms with van der Waals surface area (Å²) in [5, 5.41) is 20.4. The number of fused-ring (bicyclic) bond motifs is 1. The van der Waals surface area contributed by atoms with Crippen molar-refractivity contribution in [3.63, 3.8) is 0 Å². The molecule has 0 saturated heterocycles. The zero-order chi connectivity index (χ0) is 14.7. The fourth-order valence-corrected chi connectivity index (χ4v) is 2.68. The lowest BCUT2D eigenvalue weighted by Crippen LogP contribution is -2.26. The normalized spacial score (nSPS) is 12.1. The maximum atomic E-state index is 11.7. The number of hydrogen-bond acceptors (Lipinski definition) is 4. The molecule has 6 heteroatoms. The highest BCUT2D eigenvalue weighted by atomic mass is 79.9. The molecule has 0 saturated carbocycles. The van der Waals surface area contributed by atoms with Gasteiger partial charge < -0.3 is 10.2 Å². The molecule has 0 unspecified atom stereocenters. The minimum absolute atomic E-state index is 0.0221. The van der Waals surface area contributed by atoms with Gasteiger partial charge in [0.2, 0.25) is 5.91 Å². The van der Waals surface area contributed by atoms with E-state index in [1.165, 1.54) is 13.1 Å². The van der Waals surface area contributed by atoms with Crippen LogP contribution >= 0.6 is 15.9 Å². The molecule has 0 spiro atoms. The van der Waals surface area contributed by atoms with E-state index >= 15 is 0 Å². The maximum absolute atomic E-state index is 11.7. The number of nitrogens with one attached hydrogen (secondary N) is 1. The standard InChI is InChI=1S/C14H11BrN4O/c1-9(20)19-3-2-11-4-12(15)5-13(14(11)19)18-8-10(6-16)7-17/h4-5,8,18H,2-3H2,1H3. The SMILES string of the molecule is CC(=O)N1CCc2cc(Br)cc(NC=C(C#N)C#N)c21. The Balaban J connectivity index is 2.45. The molecule has 1 heterocycles. The first-order chi connectivity index (χ1) is 9.56. The molecule has 0 fully saturated rings. The van der Waals surface area contributed by atoms with E-state index in [1.54, 1.807) is 17.0 Å². The number of anilines is 2. The van der Waals surface area contributed by atoms with Gasteiger partial charge in [-0.1, -0.05) is 15.9 Å². The molecule has 1 aromatic rings. The maximum Gasteiger partial charge on any atom is 0.223 e. The van der Waals surface area contributed by atoms with Crippen molar-refractivity contribution >= 4 is 33.2 Å². The van der Waals surface area contributed by atoms with E-state index in [2.05, 4.69) is 21.2 Å². The van der Waals surface area contributed by atoms with Crippen molar-refractivity contribution in [2.24, 2.45) is 0 Å². The predicted octanol–water partition coefficient (Wildman–Crippen LogP) is 2.70. The van der Waals surface area contributed by atoms with Gasteiger partial charge in [-0.25, -0.2) is 0 Å². The van der Waals surface area contributed by atoms with Crippen LogP contribution in [-0.2, 0) is 11.2 Å². The van der Waals surface area contributed by atoms with Gasteiger partial charge in [-0.05, 0) is 24.1 Å². The summed E-state index contributed by atoms with van der Waals surface area (Å²) in [5.41, 5.74) is 2.55. The molecule has 0 aliphatic carbocycles. The van der Waals surface area contributed by atoms with E-state index in [1.807, 2.05) is 12.1 Å². The monoisotopic (exact) mass is 330 g/mol. The van der Waals surface area contributed by atoms with E-state index in [-0.39, 0.29) is 11.5 Å². The van der Waals surface area contributed by atoms with E-state index in [9.17, 15) is 4.79 Å². The minimum atomic E-state index is -0.0288. The van der Waals surface area contributed by atoms with E-state index in [0.29, 0.717) is 12.2 Å². The van der Waals surface area contributed by atoms with Gasteiger partial charge in [-0.2, -0.15) is 10.5 Å². The van der Waals surface area contributed by atoms with Crippen molar-refractivity contribution < 1.29 is 4.79 Å². The molecule has 1 aliphatic rings. The molecule has 0 bridgehead atoms. The summed E-state index contributed by atoms with van der Waals surface area (Å²) >= 11 is 3.42. The topological polar surface area (TPSA) is 79.9 Å². The van der Waals surface area contributed by atoms with E-state index < -0.39 is 0 Å². The fraction of sp³-hybridized carbons (Fsp3) is 0.214. The average Bonchev–Trinajstić information content (AvgIpc) is 2.83. The summed E-state index contributed by atoms with van der Waals surface area (Å²) in [6.45, 7) is 2.16. The van der Waals surface area contributed by atoms with Gasteiger partial charge in [-0.15, -0.1) is 0 Å². The fourth-order valence-electron chi connectivity index (χ4n) is 2.17.